The zero-order valence-corrected chi connectivity index (χ0v) is 12.1. The molecule has 2 rings (SSSR count). The number of carbonyl (C=O) groups is 1. The van der Waals surface area contributed by atoms with E-state index in [2.05, 4.69) is 14.7 Å². The van der Waals surface area contributed by atoms with Crippen LogP contribution in [0, 0.1) is 6.92 Å². The largest absolute Gasteiger partial charge is 0.480 e. The highest BCUT2D eigenvalue weighted by Gasteiger charge is 2.26. The average molecular weight is 309 g/mol. The summed E-state index contributed by atoms with van der Waals surface area (Å²) < 4.78 is 26.7. The Morgan fingerprint density at radius 2 is 2.24 bits per heavy atom. The molecule has 8 heteroatoms. The average Bonchev–Trinajstić information content (AvgIpc) is 2.90. The molecule has 0 amide bonds. The molecule has 0 spiro atoms. The highest BCUT2D eigenvalue weighted by Crippen LogP contribution is 2.12. The van der Waals surface area contributed by atoms with Crippen molar-refractivity contribution in [2.45, 2.75) is 24.3 Å². The molecule has 3 N–H and O–H groups in total. The van der Waals surface area contributed by atoms with Gasteiger partial charge >= 0.3 is 5.97 Å². The van der Waals surface area contributed by atoms with Crippen LogP contribution in [0.1, 0.15) is 11.3 Å². The van der Waals surface area contributed by atoms with Crippen LogP contribution in [0.15, 0.2) is 41.7 Å². The minimum atomic E-state index is -3.90. The molecule has 0 aliphatic rings. The van der Waals surface area contributed by atoms with Gasteiger partial charge in [0.05, 0.1) is 11.2 Å². The van der Waals surface area contributed by atoms with Crippen molar-refractivity contribution >= 4 is 16.0 Å². The van der Waals surface area contributed by atoms with Crippen LogP contribution in [0.5, 0.6) is 0 Å². The Hall–Kier alpha value is -2.19. The summed E-state index contributed by atoms with van der Waals surface area (Å²) >= 11 is 0. The quantitative estimate of drug-likeness (QED) is 0.727. The van der Waals surface area contributed by atoms with E-state index in [1.807, 2.05) is 0 Å². The second kappa shape index (κ2) is 6.06. The number of H-pyrrole nitrogens is 1. The standard InChI is InChI=1S/C13H15N3O4S/c1-9-3-2-4-11(5-9)21(19,20)16-12(13(17)18)6-10-7-14-8-15-10/h2-5,7-8,12,16H,6H2,1H3,(H,14,15)(H,17,18)/t12-/m0/s1. The molecule has 0 saturated carbocycles. The smallest absolute Gasteiger partial charge is 0.322 e. The Morgan fingerprint density at radius 3 is 2.81 bits per heavy atom. The van der Waals surface area contributed by atoms with Crippen LogP contribution in [0.25, 0.3) is 0 Å². The number of hydrogen-bond donors (Lipinski definition) is 3. The molecule has 21 heavy (non-hydrogen) atoms. The van der Waals surface area contributed by atoms with E-state index < -0.39 is 22.0 Å². The third kappa shape index (κ3) is 3.89. The Kier molecular flexibility index (Phi) is 4.39. The number of sulfonamides is 1. The molecule has 0 unspecified atom stereocenters. The summed E-state index contributed by atoms with van der Waals surface area (Å²) in [4.78, 5) is 17.8. The number of hydrogen-bond acceptors (Lipinski definition) is 4. The number of aromatic amines is 1. The topological polar surface area (TPSA) is 112 Å². The predicted molar refractivity (Wildman–Crippen MR) is 75.2 cm³/mol. The first-order chi connectivity index (χ1) is 9.88. The van der Waals surface area contributed by atoms with Crippen molar-refractivity contribution in [2.75, 3.05) is 0 Å². The summed E-state index contributed by atoms with van der Waals surface area (Å²) in [7, 11) is -3.90. The van der Waals surface area contributed by atoms with Crippen LogP contribution in [0.4, 0.5) is 0 Å². The maximum Gasteiger partial charge on any atom is 0.322 e. The van der Waals surface area contributed by atoms with Gasteiger partial charge in [0.2, 0.25) is 10.0 Å². The fraction of sp³-hybridized carbons (Fsp3) is 0.231. The molecule has 0 bridgehead atoms. The Morgan fingerprint density at radius 1 is 1.48 bits per heavy atom. The van der Waals surface area contributed by atoms with E-state index in [4.69, 9.17) is 0 Å². The van der Waals surface area contributed by atoms with Crippen molar-refractivity contribution in [1.29, 1.82) is 0 Å². The number of aliphatic carboxylic acids is 1. The summed E-state index contributed by atoms with van der Waals surface area (Å²) in [6, 6.07) is 5.00. The minimum Gasteiger partial charge on any atom is -0.480 e. The highest BCUT2D eigenvalue weighted by atomic mass is 32.2. The zero-order chi connectivity index (χ0) is 15.5. The maximum atomic E-state index is 12.2. The minimum absolute atomic E-state index is 0.0135. The number of carboxylic acids is 1. The highest BCUT2D eigenvalue weighted by molar-refractivity contribution is 7.89. The fourth-order valence-corrected chi connectivity index (χ4v) is 3.13. The van der Waals surface area contributed by atoms with Crippen molar-refractivity contribution in [3.8, 4) is 0 Å². The number of nitrogens with one attached hydrogen (secondary N) is 2. The van der Waals surface area contributed by atoms with Gasteiger partial charge in [0.25, 0.3) is 0 Å². The van der Waals surface area contributed by atoms with Crippen LogP contribution < -0.4 is 4.72 Å². The van der Waals surface area contributed by atoms with Gasteiger partial charge in [0.15, 0.2) is 0 Å². The second-order valence-corrected chi connectivity index (χ2v) is 6.32. The molecule has 112 valence electrons. The van der Waals surface area contributed by atoms with E-state index in [9.17, 15) is 18.3 Å². The molecule has 0 aliphatic heterocycles. The van der Waals surface area contributed by atoms with Crippen molar-refractivity contribution in [3.63, 3.8) is 0 Å². The van der Waals surface area contributed by atoms with Crippen LogP contribution in [-0.2, 0) is 21.2 Å². The number of benzene rings is 1. The van der Waals surface area contributed by atoms with Crippen molar-refractivity contribution < 1.29 is 18.3 Å². The number of aryl methyl sites for hydroxylation is 1. The van der Waals surface area contributed by atoms with Crippen LogP contribution in [0.3, 0.4) is 0 Å². The molecule has 1 aromatic heterocycles. The number of imidazole rings is 1. The van der Waals surface area contributed by atoms with E-state index >= 15 is 0 Å². The lowest BCUT2D eigenvalue weighted by atomic mass is 10.2. The Labute approximate surface area is 122 Å². The molecule has 7 nitrogen and oxygen atoms in total. The molecular weight excluding hydrogens is 294 g/mol. The fourth-order valence-electron chi connectivity index (χ4n) is 1.83. The number of carboxylic acid groups (broad SMARTS) is 1. The summed E-state index contributed by atoms with van der Waals surface area (Å²) in [6.07, 6.45) is 2.85. The summed E-state index contributed by atoms with van der Waals surface area (Å²) in [5.41, 5.74) is 1.31. The Balaban J connectivity index is 2.21. The third-order valence-corrected chi connectivity index (χ3v) is 4.34. The zero-order valence-electron chi connectivity index (χ0n) is 11.3. The van der Waals surface area contributed by atoms with E-state index in [1.54, 1.807) is 19.1 Å². The van der Waals surface area contributed by atoms with Gasteiger partial charge < -0.3 is 10.1 Å². The van der Waals surface area contributed by atoms with Gasteiger partial charge in [-0.1, -0.05) is 12.1 Å². The van der Waals surface area contributed by atoms with Crippen LogP contribution in [0.2, 0.25) is 0 Å². The first-order valence-corrected chi connectivity index (χ1v) is 7.66. The molecule has 1 atom stereocenters. The number of rotatable bonds is 6. The van der Waals surface area contributed by atoms with Gasteiger partial charge in [0, 0.05) is 18.3 Å². The Bertz CT molecular complexity index is 726. The van der Waals surface area contributed by atoms with Gasteiger partial charge in [-0.25, -0.2) is 13.4 Å². The normalized spacial score (nSPS) is 13.0. The first kappa shape index (κ1) is 15.2. The monoisotopic (exact) mass is 309 g/mol. The van der Waals surface area contributed by atoms with Crippen molar-refractivity contribution in [2.24, 2.45) is 0 Å². The lowest BCUT2D eigenvalue weighted by molar-refractivity contribution is -0.138. The van der Waals surface area contributed by atoms with Crippen molar-refractivity contribution in [1.82, 2.24) is 14.7 Å². The van der Waals surface area contributed by atoms with Crippen LogP contribution >= 0.6 is 0 Å². The second-order valence-electron chi connectivity index (χ2n) is 4.61. The van der Waals surface area contributed by atoms with E-state index in [1.165, 1.54) is 24.7 Å². The molecule has 0 aliphatic carbocycles. The van der Waals surface area contributed by atoms with Gasteiger partial charge in [-0.2, -0.15) is 4.72 Å². The van der Waals surface area contributed by atoms with Gasteiger partial charge in [-0.15, -0.1) is 0 Å². The molecule has 1 heterocycles. The predicted octanol–water partition coefficient (Wildman–Crippen LogP) is 0.692. The first-order valence-electron chi connectivity index (χ1n) is 6.17. The van der Waals surface area contributed by atoms with E-state index in [0.717, 1.165) is 5.56 Å². The summed E-state index contributed by atoms with van der Waals surface area (Å²) in [5, 5.41) is 9.18. The molecule has 1 aromatic carbocycles. The van der Waals surface area contributed by atoms with Crippen LogP contribution in [-0.4, -0.2) is 35.5 Å². The number of aromatic nitrogens is 2. The SMILES string of the molecule is Cc1cccc(S(=O)(=O)N[C@@H](Cc2cnc[nH]2)C(=O)O)c1. The molecule has 2 aromatic rings. The lowest BCUT2D eigenvalue weighted by Crippen LogP contribution is -2.42. The van der Waals surface area contributed by atoms with Gasteiger partial charge in [0.1, 0.15) is 6.04 Å². The van der Waals surface area contributed by atoms with Gasteiger partial charge in [-0.3, -0.25) is 4.79 Å². The number of nitrogens with zero attached hydrogens (tertiary/aromatic N) is 1. The van der Waals surface area contributed by atoms with Crippen molar-refractivity contribution in [3.05, 3.63) is 48.0 Å². The van der Waals surface area contributed by atoms with E-state index in [0.29, 0.717) is 5.69 Å². The summed E-state index contributed by atoms with van der Waals surface area (Å²) in [6.45, 7) is 1.76. The lowest BCUT2D eigenvalue weighted by Gasteiger charge is -2.14. The summed E-state index contributed by atoms with van der Waals surface area (Å²) in [5.74, 6) is -1.25. The molecule has 0 saturated heterocycles. The van der Waals surface area contributed by atoms with E-state index in [-0.39, 0.29) is 11.3 Å². The third-order valence-electron chi connectivity index (χ3n) is 2.87. The molecule has 0 radical (unpaired) electrons. The molecule has 0 fully saturated rings. The molecular formula is C13H15N3O4S. The van der Waals surface area contributed by atoms with Gasteiger partial charge in [-0.05, 0) is 24.6 Å². The maximum absolute atomic E-state index is 12.2.